The second-order valence-corrected chi connectivity index (χ2v) is 4.42. The van der Waals surface area contributed by atoms with Gasteiger partial charge in [-0.05, 0) is 17.2 Å². The summed E-state index contributed by atoms with van der Waals surface area (Å²) < 4.78 is 0. The lowest BCUT2D eigenvalue weighted by molar-refractivity contribution is -0.116. The Bertz CT molecular complexity index is 564. The van der Waals surface area contributed by atoms with Crippen LogP contribution in [0.15, 0.2) is 66.7 Å². The van der Waals surface area contributed by atoms with Crippen LogP contribution in [-0.2, 0) is 4.79 Å². The minimum absolute atomic E-state index is 0.196. The van der Waals surface area contributed by atoms with Gasteiger partial charge in [-0.3, -0.25) is 4.79 Å². The molecule has 0 aliphatic rings. The van der Waals surface area contributed by atoms with Gasteiger partial charge in [0.15, 0.2) is 0 Å². The Labute approximate surface area is 118 Å². The Balaban J connectivity index is 1.82. The van der Waals surface area contributed by atoms with E-state index < -0.39 is 6.10 Å². The lowest BCUT2D eigenvalue weighted by atomic mass is 10.1. The number of hydrogen-bond donors (Lipinski definition) is 2. The minimum Gasteiger partial charge on any atom is -0.387 e. The van der Waals surface area contributed by atoms with Gasteiger partial charge in [0.2, 0.25) is 5.91 Å². The summed E-state index contributed by atoms with van der Waals surface area (Å²) in [6.45, 7) is 0.196. The third kappa shape index (κ3) is 4.37. The van der Waals surface area contributed by atoms with Crippen LogP contribution in [0.1, 0.15) is 17.2 Å². The highest BCUT2D eigenvalue weighted by Gasteiger charge is 2.07. The summed E-state index contributed by atoms with van der Waals surface area (Å²) in [5.41, 5.74) is 1.76. The summed E-state index contributed by atoms with van der Waals surface area (Å²) in [4.78, 5) is 11.6. The lowest BCUT2D eigenvalue weighted by Gasteiger charge is -2.10. The zero-order valence-electron chi connectivity index (χ0n) is 11.1. The third-order valence-corrected chi connectivity index (χ3v) is 2.88. The molecule has 0 aliphatic heterocycles. The van der Waals surface area contributed by atoms with Crippen molar-refractivity contribution in [2.75, 3.05) is 6.54 Å². The van der Waals surface area contributed by atoms with E-state index in [4.69, 9.17) is 0 Å². The van der Waals surface area contributed by atoms with E-state index in [1.807, 2.05) is 60.7 Å². The molecule has 0 spiro atoms. The molecule has 3 heteroatoms. The maximum absolute atomic E-state index is 11.6. The van der Waals surface area contributed by atoms with E-state index in [-0.39, 0.29) is 12.5 Å². The predicted octanol–water partition coefficient (Wildman–Crippen LogP) is 2.55. The van der Waals surface area contributed by atoms with Gasteiger partial charge in [-0.1, -0.05) is 60.7 Å². The fourth-order valence-corrected chi connectivity index (χ4v) is 1.79. The molecule has 20 heavy (non-hydrogen) atoms. The van der Waals surface area contributed by atoms with Gasteiger partial charge in [0.05, 0.1) is 6.10 Å². The van der Waals surface area contributed by atoms with Crippen LogP contribution in [0, 0.1) is 0 Å². The highest BCUT2D eigenvalue weighted by Crippen LogP contribution is 2.10. The first-order valence-corrected chi connectivity index (χ1v) is 6.49. The molecule has 1 atom stereocenters. The van der Waals surface area contributed by atoms with Gasteiger partial charge in [0, 0.05) is 12.6 Å². The molecule has 2 N–H and O–H groups in total. The summed E-state index contributed by atoms with van der Waals surface area (Å²) in [7, 11) is 0. The Morgan fingerprint density at radius 1 is 1.05 bits per heavy atom. The summed E-state index contributed by atoms with van der Waals surface area (Å²) >= 11 is 0. The molecule has 0 aromatic heterocycles. The molecule has 3 nitrogen and oxygen atoms in total. The molecule has 2 aromatic carbocycles. The molecule has 0 radical (unpaired) electrons. The number of carbonyl (C=O) groups excluding carboxylic acids is 1. The topological polar surface area (TPSA) is 49.3 Å². The van der Waals surface area contributed by atoms with Gasteiger partial charge in [0.1, 0.15) is 0 Å². The van der Waals surface area contributed by atoms with Gasteiger partial charge >= 0.3 is 0 Å². The largest absolute Gasteiger partial charge is 0.387 e. The first-order valence-electron chi connectivity index (χ1n) is 6.49. The van der Waals surface area contributed by atoms with Crippen molar-refractivity contribution < 1.29 is 9.90 Å². The van der Waals surface area contributed by atoms with Crippen LogP contribution < -0.4 is 5.32 Å². The van der Waals surface area contributed by atoms with Gasteiger partial charge in [0.25, 0.3) is 0 Å². The first-order chi connectivity index (χ1) is 9.75. The molecule has 2 aromatic rings. The van der Waals surface area contributed by atoms with Crippen molar-refractivity contribution in [2.45, 2.75) is 6.10 Å². The van der Waals surface area contributed by atoms with Gasteiger partial charge in [-0.15, -0.1) is 0 Å². The van der Waals surface area contributed by atoms with E-state index in [2.05, 4.69) is 5.32 Å². The molecule has 0 saturated carbocycles. The van der Waals surface area contributed by atoms with Crippen LogP contribution in [-0.4, -0.2) is 17.6 Å². The second-order valence-electron chi connectivity index (χ2n) is 4.42. The monoisotopic (exact) mass is 267 g/mol. The van der Waals surface area contributed by atoms with Crippen LogP contribution in [0.4, 0.5) is 0 Å². The number of aliphatic hydroxyl groups excluding tert-OH is 1. The Morgan fingerprint density at radius 2 is 1.65 bits per heavy atom. The van der Waals surface area contributed by atoms with Crippen LogP contribution >= 0.6 is 0 Å². The average molecular weight is 267 g/mol. The molecular weight excluding hydrogens is 250 g/mol. The molecule has 0 saturated heterocycles. The smallest absolute Gasteiger partial charge is 0.244 e. The molecule has 0 heterocycles. The van der Waals surface area contributed by atoms with E-state index in [0.29, 0.717) is 0 Å². The minimum atomic E-state index is -0.690. The maximum atomic E-state index is 11.6. The van der Waals surface area contributed by atoms with Crippen LogP contribution in [0.2, 0.25) is 0 Å². The molecule has 102 valence electrons. The second kappa shape index (κ2) is 7.26. The fourth-order valence-electron chi connectivity index (χ4n) is 1.79. The van der Waals surface area contributed by atoms with Gasteiger partial charge in [-0.2, -0.15) is 0 Å². The SMILES string of the molecule is O=C(C=Cc1ccccc1)NCC(O)c1ccccc1. The molecule has 0 bridgehead atoms. The third-order valence-electron chi connectivity index (χ3n) is 2.88. The molecule has 0 fully saturated rings. The van der Waals surface area contributed by atoms with E-state index in [1.54, 1.807) is 6.08 Å². The first kappa shape index (κ1) is 14.0. The highest BCUT2D eigenvalue weighted by molar-refractivity contribution is 5.91. The number of aliphatic hydroxyl groups is 1. The predicted molar refractivity (Wildman–Crippen MR) is 79.9 cm³/mol. The van der Waals surface area contributed by atoms with Crippen LogP contribution in [0.5, 0.6) is 0 Å². The van der Waals surface area contributed by atoms with E-state index in [9.17, 15) is 9.90 Å². The van der Waals surface area contributed by atoms with E-state index in [1.165, 1.54) is 6.08 Å². The number of amides is 1. The summed E-state index contributed by atoms with van der Waals surface area (Å²) in [6.07, 6.45) is 2.52. The summed E-state index contributed by atoms with van der Waals surface area (Å²) in [6, 6.07) is 18.8. The number of carbonyl (C=O) groups is 1. The Hall–Kier alpha value is -2.39. The number of rotatable bonds is 5. The van der Waals surface area contributed by atoms with Crippen molar-refractivity contribution in [1.29, 1.82) is 0 Å². The quantitative estimate of drug-likeness (QED) is 0.818. The summed E-state index contributed by atoms with van der Waals surface area (Å²) in [5.74, 6) is -0.219. The van der Waals surface area contributed by atoms with Crippen molar-refractivity contribution in [3.05, 3.63) is 77.9 Å². The normalized spacial score (nSPS) is 12.2. The number of nitrogens with one attached hydrogen (secondary N) is 1. The van der Waals surface area contributed by atoms with E-state index in [0.717, 1.165) is 11.1 Å². The Morgan fingerprint density at radius 3 is 2.30 bits per heavy atom. The van der Waals surface area contributed by atoms with Gasteiger partial charge in [-0.25, -0.2) is 0 Å². The van der Waals surface area contributed by atoms with Gasteiger partial charge < -0.3 is 10.4 Å². The Kier molecular flexibility index (Phi) is 5.09. The van der Waals surface area contributed by atoms with Crippen molar-refractivity contribution in [1.82, 2.24) is 5.32 Å². The fraction of sp³-hybridized carbons (Fsp3) is 0.118. The lowest BCUT2D eigenvalue weighted by Crippen LogP contribution is -2.26. The molecule has 0 aliphatic carbocycles. The molecule has 1 amide bonds. The molecule has 2 rings (SSSR count). The zero-order valence-corrected chi connectivity index (χ0v) is 11.1. The number of benzene rings is 2. The van der Waals surface area contributed by atoms with Crippen molar-refractivity contribution >= 4 is 12.0 Å². The van der Waals surface area contributed by atoms with Crippen molar-refractivity contribution in [2.24, 2.45) is 0 Å². The summed E-state index contributed by atoms with van der Waals surface area (Å²) in [5, 5.41) is 12.6. The van der Waals surface area contributed by atoms with Crippen molar-refractivity contribution in [3.8, 4) is 0 Å². The molecular formula is C17H17NO2. The number of hydrogen-bond acceptors (Lipinski definition) is 2. The van der Waals surface area contributed by atoms with E-state index >= 15 is 0 Å². The molecule has 1 unspecified atom stereocenters. The van der Waals surface area contributed by atoms with Crippen molar-refractivity contribution in [3.63, 3.8) is 0 Å². The van der Waals surface area contributed by atoms with Crippen LogP contribution in [0.3, 0.4) is 0 Å². The average Bonchev–Trinajstić information content (AvgIpc) is 2.52. The highest BCUT2D eigenvalue weighted by atomic mass is 16.3. The van der Waals surface area contributed by atoms with Crippen LogP contribution in [0.25, 0.3) is 6.08 Å². The zero-order chi connectivity index (χ0) is 14.2. The maximum Gasteiger partial charge on any atom is 0.244 e. The standard InChI is InChI=1S/C17H17NO2/c19-16(15-9-5-2-6-10-15)13-18-17(20)12-11-14-7-3-1-4-8-14/h1-12,16,19H,13H2,(H,18,20).